The molecule has 7 heteroatoms. The number of nitrogens with one attached hydrogen (secondary N) is 3. The van der Waals surface area contributed by atoms with Crippen LogP contribution in [0, 0.1) is 6.92 Å². The van der Waals surface area contributed by atoms with E-state index < -0.39 is 0 Å². The number of H-pyrrole nitrogens is 2. The van der Waals surface area contributed by atoms with Crippen molar-refractivity contribution in [1.29, 1.82) is 0 Å². The number of aromatic amines is 2. The van der Waals surface area contributed by atoms with Crippen molar-refractivity contribution in [3.63, 3.8) is 0 Å². The second-order valence-electron chi connectivity index (χ2n) is 5.70. The van der Waals surface area contributed by atoms with Gasteiger partial charge in [-0.2, -0.15) is 0 Å². The van der Waals surface area contributed by atoms with Crippen LogP contribution in [0.25, 0.3) is 17.0 Å². The summed E-state index contributed by atoms with van der Waals surface area (Å²) in [6.07, 6.45) is 0. The number of anilines is 1. The predicted octanol–water partition coefficient (Wildman–Crippen LogP) is 3.38. The second-order valence-corrected chi connectivity index (χ2v) is 6.13. The van der Waals surface area contributed by atoms with E-state index in [1.54, 1.807) is 28.9 Å². The van der Waals surface area contributed by atoms with Gasteiger partial charge in [-0.1, -0.05) is 23.7 Å². The Labute approximate surface area is 148 Å². The van der Waals surface area contributed by atoms with Crippen molar-refractivity contribution in [2.24, 2.45) is 0 Å². The van der Waals surface area contributed by atoms with Crippen molar-refractivity contribution in [2.75, 3.05) is 5.32 Å². The Bertz CT molecular complexity index is 1030. The molecule has 0 saturated carbocycles. The molecule has 4 rings (SSSR count). The molecule has 0 aliphatic heterocycles. The Kier molecular flexibility index (Phi) is 3.74. The monoisotopic (exact) mass is 352 g/mol. The van der Waals surface area contributed by atoms with Crippen LogP contribution in [0.15, 0.2) is 54.6 Å². The Balaban J connectivity index is 1.69. The highest BCUT2D eigenvalue weighted by molar-refractivity contribution is 6.30. The number of para-hydroxylation sites is 2. The van der Waals surface area contributed by atoms with Crippen LogP contribution in [-0.2, 0) is 0 Å². The third kappa shape index (κ3) is 2.99. The van der Waals surface area contributed by atoms with Gasteiger partial charge in [-0.05, 0) is 43.3 Å². The summed E-state index contributed by atoms with van der Waals surface area (Å²) in [5, 5.41) is 6.66. The van der Waals surface area contributed by atoms with Crippen molar-refractivity contribution in [1.82, 2.24) is 15.1 Å². The van der Waals surface area contributed by atoms with Gasteiger partial charge in [0.25, 0.3) is 5.91 Å². The summed E-state index contributed by atoms with van der Waals surface area (Å²) in [7, 11) is 0. The number of benzene rings is 2. The first-order valence-electron chi connectivity index (χ1n) is 7.74. The maximum atomic E-state index is 12.5. The van der Waals surface area contributed by atoms with E-state index in [1.807, 2.05) is 37.3 Å². The zero-order valence-electron chi connectivity index (χ0n) is 13.4. The Morgan fingerprint density at radius 1 is 1.16 bits per heavy atom. The van der Waals surface area contributed by atoms with Gasteiger partial charge in [-0.3, -0.25) is 20.2 Å². The number of aryl methyl sites for hydroxylation is 1. The lowest BCUT2D eigenvalue weighted by atomic mass is 10.2. The van der Waals surface area contributed by atoms with Gasteiger partial charge >= 0.3 is 5.95 Å². The van der Waals surface area contributed by atoms with Crippen LogP contribution in [0.2, 0.25) is 5.02 Å². The minimum atomic E-state index is -0.222. The molecule has 2 aromatic carbocycles. The van der Waals surface area contributed by atoms with Crippen LogP contribution in [-0.4, -0.2) is 21.0 Å². The molecule has 0 unspecified atom stereocenters. The molecule has 0 saturated heterocycles. The van der Waals surface area contributed by atoms with Gasteiger partial charge < -0.3 is 0 Å². The molecular weight excluding hydrogens is 338 g/mol. The van der Waals surface area contributed by atoms with Crippen LogP contribution in [0.3, 0.4) is 0 Å². The van der Waals surface area contributed by atoms with E-state index in [-0.39, 0.29) is 5.91 Å². The Hall–Kier alpha value is -3.12. The van der Waals surface area contributed by atoms with E-state index in [4.69, 9.17) is 11.6 Å². The summed E-state index contributed by atoms with van der Waals surface area (Å²) in [4.78, 5) is 20.3. The van der Waals surface area contributed by atoms with E-state index in [2.05, 4.69) is 20.4 Å². The highest BCUT2D eigenvalue weighted by atomic mass is 35.5. The lowest BCUT2D eigenvalue weighted by molar-refractivity contribution is -0.648. The second kappa shape index (κ2) is 6.07. The highest BCUT2D eigenvalue weighted by Crippen LogP contribution is 2.14. The number of amides is 1. The Morgan fingerprint density at radius 3 is 2.68 bits per heavy atom. The third-order valence-corrected chi connectivity index (χ3v) is 4.07. The molecule has 0 bridgehead atoms. The Morgan fingerprint density at radius 2 is 1.92 bits per heavy atom. The van der Waals surface area contributed by atoms with Gasteiger partial charge in [0.1, 0.15) is 5.52 Å². The largest absolute Gasteiger partial charge is 0.374 e. The summed E-state index contributed by atoms with van der Waals surface area (Å²) in [6, 6.07) is 16.3. The molecule has 0 radical (unpaired) electrons. The fourth-order valence-corrected chi connectivity index (χ4v) is 2.76. The number of nitrogens with zero attached hydrogens (tertiary/aromatic N) is 2. The molecule has 4 aromatic rings. The van der Waals surface area contributed by atoms with Crippen molar-refractivity contribution in [3.05, 3.63) is 70.9 Å². The van der Waals surface area contributed by atoms with Crippen molar-refractivity contribution in [2.45, 2.75) is 6.92 Å². The number of hydrogen-bond acceptors (Lipinski definition) is 2. The summed E-state index contributed by atoms with van der Waals surface area (Å²) in [5.74, 6) is 0.970. The molecule has 1 amide bonds. The number of fused-ring (bicyclic) bond motifs is 1. The average molecular weight is 353 g/mol. The van der Waals surface area contributed by atoms with Crippen LogP contribution in [0.1, 0.15) is 16.1 Å². The standard InChI is InChI=1S/C18H14ClN5O/c1-11-10-16(22-17(25)12-6-8-13(19)9-7-12)24(23-11)18-20-14-4-2-3-5-15(14)21-18/h2-10H,1H3,(H2,20,21,22,23,25)/p+1. The lowest BCUT2D eigenvalue weighted by Gasteiger charge is -2.02. The molecule has 0 atom stereocenters. The van der Waals surface area contributed by atoms with Crippen LogP contribution >= 0.6 is 11.6 Å². The zero-order chi connectivity index (χ0) is 17.4. The minimum Gasteiger partial charge on any atom is -0.258 e. The number of imidazole rings is 1. The van der Waals surface area contributed by atoms with E-state index in [0.717, 1.165) is 16.7 Å². The number of carbonyl (C=O) groups excluding carboxylic acids is 1. The number of carbonyl (C=O) groups is 1. The fraction of sp³-hybridized carbons (Fsp3) is 0.0556. The first-order valence-corrected chi connectivity index (χ1v) is 8.12. The van der Waals surface area contributed by atoms with Gasteiger partial charge in [0, 0.05) is 16.8 Å². The fourth-order valence-electron chi connectivity index (χ4n) is 2.63. The van der Waals surface area contributed by atoms with Crippen LogP contribution in [0.5, 0.6) is 0 Å². The van der Waals surface area contributed by atoms with Crippen LogP contribution in [0.4, 0.5) is 5.82 Å². The van der Waals surface area contributed by atoms with Gasteiger partial charge in [-0.25, -0.2) is 0 Å². The van der Waals surface area contributed by atoms with Crippen molar-refractivity contribution < 1.29 is 9.48 Å². The maximum absolute atomic E-state index is 12.5. The molecule has 2 heterocycles. The zero-order valence-corrected chi connectivity index (χ0v) is 14.1. The number of rotatable bonds is 3. The van der Waals surface area contributed by atoms with Gasteiger partial charge in [0.05, 0.1) is 5.56 Å². The van der Waals surface area contributed by atoms with Crippen molar-refractivity contribution >= 4 is 34.4 Å². The summed E-state index contributed by atoms with van der Waals surface area (Å²) < 4.78 is 1.71. The molecule has 0 aliphatic rings. The summed E-state index contributed by atoms with van der Waals surface area (Å²) in [5.41, 5.74) is 3.20. The van der Waals surface area contributed by atoms with Gasteiger partial charge in [0.2, 0.25) is 5.82 Å². The maximum Gasteiger partial charge on any atom is 0.374 e. The molecule has 25 heavy (non-hydrogen) atoms. The predicted molar refractivity (Wildman–Crippen MR) is 96.1 cm³/mol. The summed E-state index contributed by atoms with van der Waals surface area (Å²) >= 11 is 5.87. The molecule has 0 spiro atoms. The highest BCUT2D eigenvalue weighted by Gasteiger charge is 2.20. The third-order valence-electron chi connectivity index (χ3n) is 3.82. The van der Waals surface area contributed by atoms with Crippen LogP contribution < -0.4 is 10.00 Å². The molecule has 124 valence electrons. The first kappa shape index (κ1) is 15.4. The number of aromatic nitrogens is 4. The molecule has 2 aromatic heterocycles. The normalized spacial score (nSPS) is 11.0. The molecule has 6 nitrogen and oxygen atoms in total. The first-order chi connectivity index (χ1) is 12.1. The molecule has 3 N–H and O–H groups in total. The van der Waals surface area contributed by atoms with Crippen molar-refractivity contribution in [3.8, 4) is 5.95 Å². The quantitative estimate of drug-likeness (QED) is 0.494. The van der Waals surface area contributed by atoms with E-state index in [9.17, 15) is 4.79 Å². The smallest absolute Gasteiger partial charge is 0.258 e. The molecule has 0 fully saturated rings. The summed E-state index contributed by atoms with van der Waals surface area (Å²) in [6.45, 7) is 1.91. The molecule has 0 aliphatic carbocycles. The van der Waals surface area contributed by atoms with Gasteiger partial charge in [-0.15, -0.1) is 9.67 Å². The van der Waals surface area contributed by atoms with E-state index in [1.165, 1.54) is 0 Å². The average Bonchev–Trinajstić information content (AvgIpc) is 3.18. The van der Waals surface area contributed by atoms with E-state index >= 15 is 0 Å². The van der Waals surface area contributed by atoms with Gasteiger partial charge in [0.15, 0.2) is 5.52 Å². The SMILES string of the molecule is Cc1cc(NC(=O)c2ccc(Cl)cc2)[n+](-c2nc3ccccc3[nH]2)[nH]1. The van der Waals surface area contributed by atoms with E-state index in [0.29, 0.717) is 22.4 Å². The minimum absolute atomic E-state index is 0.222. The lowest BCUT2D eigenvalue weighted by Crippen LogP contribution is -2.38. The molecular formula is C18H15ClN5O+. The number of hydrogen-bond donors (Lipinski definition) is 3. The number of halogens is 1. The topological polar surface area (TPSA) is 77.5 Å².